The Labute approximate surface area is 223 Å². The van der Waals surface area contributed by atoms with Gasteiger partial charge in [-0.15, -0.1) is 0 Å². The van der Waals surface area contributed by atoms with Crippen molar-refractivity contribution in [3.63, 3.8) is 0 Å². The summed E-state index contributed by atoms with van der Waals surface area (Å²) in [6, 6.07) is 24.7. The van der Waals surface area contributed by atoms with Crippen molar-refractivity contribution in [2.75, 3.05) is 43.0 Å². The second-order valence-electron chi connectivity index (χ2n) is 10.1. The number of anilines is 2. The highest BCUT2D eigenvalue weighted by Crippen LogP contribution is 2.40. The minimum absolute atomic E-state index is 0.0112. The molecular formula is C31H30N6O. The quantitative estimate of drug-likeness (QED) is 0.404. The lowest BCUT2D eigenvalue weighted by atomic mass is 9.93. The van der Waals surface area contributed by atoms with Gasteiger partial charge in [-0.05, 0) is 48.4 Å². The Kier molecular flexibility index (Phi) is 5.97. The molecule has 6 rings (SSSR count). The van der Waals surface area contributed by atoms with Crippen molar-refractivity contribution in [3.8, 4) is 17.5 Å². The molecule has 1 unspecified atom stereocenters. The van der Waals surface area contributed by atoms with E-state index in [1.165, 1.54) is 0 Å². The molecule has 1 atom stereocenters. The highest BCUT2D eigenvalue weighted by Gasteiger charge is 2.35. The highest BCUT2D eigenvalue weighted by atomic mass is 16.2. The van der Waals surface area contributed by atoms with Crippen molar-refractivity contribution >= 4 is 17.3 Å². The van der Waals surface area contributed by atoms with Gasteiger partial charge in [-0.25, -0.2) is 4.98 Å². The van der Waals surface area contributed by atoms with Gasteiger partial charge in [0, 0.05) is 69.0 Å². The summed E-state index contributed by atoms with van der Waals surface area (Å²) in [7, 11) is 3.85. The SMILES string of the molecule is Cc1cnc(-c2ccc(N3CCN(C4c5ccccc5C(=O)N(C)c5ccccc54)CC3)c(C#N)c2)n1C. The molecule has 7 nitrogen and oxygen atoms in total. The number of benzene rings is 3. The van der Waals surface area contributed by atoms with E-state index < -0.39 is 0 Å². The number of hydrogen-bond donors (Lipinski definition) is 0. The van der Waals surface area contributed by atoms with Crippen LogP contribution in [0.4, 0.5) is 11.4 Å². The third-order valence-corrected chi connectivity index (χ3v) is 8.00. The van der Waals surface area contributed by atoms with Crippen LogP contribution in [0.25, 0.3) is 11.4 Å². The summed E-state index contributed by atoms with van der Waals surface area (Å²) in [5, 5.41) is 10.00. The van der Waals surface area contributed by atoms with Crippen molar-refractivity contribution in [1.29, 1.82) is 5.26 Å². The van der Waals surface area contributed by atoms with Crippen LogP contribution in [-0.4, -0.2) is 53.6 Å². The summed E-state index contributed by atoms with van der Waals surface area (Å²) in [6.45, 7) is 5.24. The van der Waals surface area contributed by atoms with E-state index in [4.69, 9.17) is 0 Å². The molecule has 190 valence electrons. The molecule has 3 heterocycles. The van der Waals surface area contributed by atoms with Crippen LogP contribution in [0.2, 0.25) is 0 Å². The van der Waals surface area contributed by atoms with Gasteiger partial charge >= 0.3 is 0 Å². The van der Waals surface area contributed by atoms with Crippen molar-refractivity contribution in [2.24, 2.45) is 7.05 Å². The number of carbonyl (C=O) groups is 1. The Hall–Kier alpha value is -4.41. The van der Waals surface area contributed by atoms with Crippen LogP contribution < -0.4 is 9.80 Å². The molecule has 0 radical (unpaired) electrons. The first kappa shape index (κ1) is 24.0. The third kappa shape index (κ3) is 3.85. The van der Waals surface area contributed by atoms with Gasteiger partial charge in [0.2, 0.25) is 0 Å². The lowest BCUT2D eigenvalue weighted by Crippen LogP contribution is -2.48. The number of carbonyl (C=O) groups excluding carboxylic acids is 1. The first-order valence-electron chi connectivity index (χ1n) is 13.0. The average molecular weight is 503 g/mol. The summed E-state index contributed by atoms with van der Waals surface area (Å²) in [5.74, 6) is 0.886. The topological polar surface area (TPSA) is 68.4 Å². The zero-order chi connectivity index (χ0) is 26.4. The Balaban J connectivity index is 1.30. The molecule has 3 aromatic carbocycles. The fourth-order valence-electron chi connectivity index (χ4n) is 5.83. The third-order valence-electron chi connectivity index (χ3n) is 8.00. The number of aryl methyl sites for hydroxylation is 1. The second-order valence-corrected chi connectivity index (χ2v) is 10.1. The van der Waals surface area contributed by atoms with Gasteiger partial charge < -0.3 is 14.4 Å². The summed E-state index contributed by atoms with van der Waals surface area (Å²) in [4.78, 5) is 24.4. The Morgan fingerprint density at radius 2 is 1.61 bits per heavy atom. The molecule has 4 aromatic rings. The lowest BCUT2D eigenvalue weighted by molar-refractivity contribution is 0.0992. The number of imidazole rings is 1. The number of para-hydroxylation sites is 1. The number of piperazine rings is 1. The first-order chi connectivity index (χ1) is 18.5. The molecule has 2 aliphatic rings. The van der Waals surface area contributed by atoms with Crippen molar-refractivity contribution in [3.05, 3.63) is 101 Å². The van der Waals surface area contributed by atoms with E-state index in [1.807, 2.05) is 68.2 Å². The number of rotatable bonds is 3. The van der Waals surface area contributed by atoms with Crippen LogP contribution in [0.3, 0.4) is 0 Å². The first-order valence-corrected chi connectivity index (χ1v) is 13.0. The average Bonchev–Trinajstić information content (AvgIpc) is 3.26. The van der Waals surface area contributed by atoms with Gasteiger partial charge in [-0.3, -0.25) is 9.69 Å². The molecule has 7 heteroatoms. The molecular weight excluding hydrogens is 472 g/mol. The predicted octanol–water partition coefficient (Wildman–Crippen LogP) is 4.77. The van der Waals surface area contributed by atoms with Crippen LogP contribution in [0.1, 0.15) is 38.8 Å². The van der Waals surface area contributed by atoms with Crippen LogP contribution in [0, 0.1) is 18.3 Å². The Morgan fingerprint density at radius 3 is 2.32 bits per heavy atom. The van der Waals surface area contributed by atoms with E-state index in [0.29, 0.717) is 5.56 Å². The number of aromatic nitrogens is 2. The van der Waals surface area contributed by atoms with Crippen LogP contribution in [0.15, 0.2) is 72.9 Å². The zero-order valence-corrected chi connectivity index (χ0v) is 21.9. The monoisotopic (exact) mass is 502 g/mol. The van der Waals surface area contributed by atoms with Crippen LogP contribution >= 0.6 is 0 Å². The lowest BCUT2D eigenvalue weighted by Gasteiger charge is -2.41. The van der Waals surface area contributed by atoms with Crippen molar-refractivity contribution in [2.45, 2.75) is 13.0 Å². The minimum atomic E-state index is -0.0112. The van der Waals surface area contributed by atoms with E-state index in [-0.39, 0.29) is 11.9 Å². The molecule has 1 amide bonds. The van der Waals surface area contributed by atoms with Gasteiger partial charge in [0.05, 0.1) is 17.3 Å². The molecule has 0 spiro atoms. The van der Waals surface area contributed by atoms with E-state index >= 15 is 0 Å². The number of nitrogens with zero attached hydrogens (tertiary/aromatic N) is 6. The molecule has 38 heavy (non-hydrogen) atoms. The minimum Gasteiger partial charge on any atom is -0.368 e. The zero-order valence-electron chi connectivity index (χ0n) is 21.9. The van der Waals surface area contributed by atoms with Crippen molar-refractivity contribution < 1.29 is 4.79 Å². The fraction of sp³-hybridized carbons (Fsp3) is 0.258. The van der Waals surface area contributed by atoms with Crippen molar-refractivity contribution in [1.82, 2.24) is 14.5 Å². The van der Waals surface area contributed by atoms with E-state index in [1.54, 1.807) is 4.90 Å². The predicted molar refractivity (Wildman–Crippen MR) is 149 cm³/mol. The maximum Gasteiger partial charge on any atom is 0.258 e. The molecule has 0 N–H and O–H groups in total. The van der Waals surface area contributed by atoms with Gasteiger partial charge in [0.25, 0.3) is 5.91 Å². The molecule has 2 aliphatic heterocycles. The highest BCUT2D eigenvalue weighted by molar-refractivity contribution is 6.08. The number of amides is 1. The molecule has 1 aromatic heterocycles. The largest absolute Gasteiger partial charge is 0.368 e. The van der Waals surface area contributed by atoms with E-state index in [2.05, 4.69) is 51.2 Å². The van der Waals surface area contributed by atoms with Crippen LogP contribution in [0.5, 0.6) is 0 Å². The molecule has 0 aliphatic carbocycles. The summed E-state index contributed by atoms with van der Waals surface area (Å²) in [5.41, 5.74) is 7.54. The van der Waals surface area contributed by atoms with Gasteiger partial charge in [-0.2, -0.15) is 5.26 Å². The van der Waals surface area contributed by atoms with Gasteiger partial charge in [0.15, 0.2) is 0 Å². The smallest absolute Gasteiger partial charge is 0.258 e. The summed E-state index contributed by atoms with van der Waals surface area (Å²) >= 11 is 0. The number of fused-ring (bicyclic) bond motifs is 2. The second kappa shape index (κ2) is 9.47. The summed E-state index contributed by atoms with van der Waals surface area (Å²) in [6.07, 6.45) is 1.85. The normalized spacial score (nSPS) is 17.5. The molecule has 0 bridgehead atoms. The fourth-order valence-corrected chi connectivity index (χ4v) is 5.83. The standard InChI is InChI=1S/C31H30N6O/c1-21-20-33-30(34(21)2)22-12-13-27(23(18-22)19-32)36-14-16-37(17-15-36)29-24-8-4-5-9-25(24)31(38)35(3)28-11-7-6-10-26(28)29/h4-13,18,20,29H,14-17H2,1-3H3. The van der Waals surface area contributed by atoms with E-state index in [0.717, 1.165) is 71.3 Å². The summed E-state index contributed by atoms with van der Waals surface area (Å²) < 4.78 is 2.04. The van der Waals surface area contributed by atoms with Gasteiger partial charge in [0.1, 0.15) is 11.9 Å². The van der Waals surface area contributed by atoms with E-state index in [9.17, 15) is 10.1 Å². The molecule has 0 saturated carbocycles. The maximum absolute atomic E-state index is 13.4. The number of nitriles is 1. The van der Waals surface area contributed by atoms with Crippen LogP contribution in [-0.2, 0) is 7.05 Å². The Bertz CT molecular complexity index is 1570. The number of hydrogen-bond acceptors (Lipinski definition) is 5. The maximum atomic E-state index is 13.4. The molecule has 1 saturated heterocycles. The van der Waals surface area contributed by atoms with Gasteiger partial charge in [-0.1, -0.05) is 36.4 Å². The molecule has 1 fully saturated rings. The Morgan fingerprint density at radius 1 is 0.895 bits per heavy atom.